The molecule has 0 amide bonds. The number of benzene rings is 1. The van der Waals surface area contributed by atoms with Gasteiger partial charge in [0.1, 0.15) is 11.4 Å². The van der Waals surface area contributed by atoms with Crippen molar-refractivity contribution in [2.45, 2.75) is 79.2 Å². The van der Waals surface area contributed by atoms with Crippen molar-refractivity contribution in [1.82, 2.24) is 20.0 Å². The summed E-state index contributed by atoms with van der Waals surface area (Å²) in [5.74, 6) is 1.31. The summed E-state index contributed by atoms with van der Waals surface area (Å²) in [5, 5.41) is 7.11. The monoisotopic (exact) mass is 511 g/mol. The second kappa shape index (κ2) is 15.8. The predicted octanol–water partition coefficient (Wildman–Crippen LogP) is 6.87. The quantitative estimate of drug-likeness (QED) is 0.379. The second-order valence-electron chi connectivity index (χ2n) is 10.5. The van der Waals surface area contributed by atoms with Gasteiger partial charge in [-0.15, -0.1) is 0 Å². The molecule has 0 atom stereocenters. The number of likely N-dealkylation sites (tertiary alicyclic amines) is 1. The molecule has 0 radical (unpaired) electrons. The fraction of sp³-hybridized carbons (Fsp3) is 0.517. The fourth-order valence-corrected chi connectivity index (χ4v) is 3.13. The summed E-state index contributed by atoms with van der Waals surface area (Å²) in [6, 6.07) is 12.2. The largest absolute Gasteiger partial charge is 0.462 e. The molecule has 0 unspecified atom stereocenters. The summed E-state index contributed by atoms with van der Waals surface area (Å²) in [6.45, 7) is 19.2. The smallest absolute Gasteiger partial charge is 0.293 e. The van der Waals surface area contributed by atoms with Crippen LogP contribution in [0.4, 0.5) is 11.5 Å². The summed E-state index contributed by atoms with van der Waals surface area (Å²) >= 11 is 0. The Morgan fingerprint density at radius 1 is 1.00 bits per heavy atom. The highest BCUT2D eigenvalue weighted by atomic mass is 16.5. The molecular weight excluding hydrogens is 466 g/mol. The number of carbonyl (C=O) groups is 1. The maximum Gasteiger partial charge on any atom is 0.293 e. The molecule has 1 fully saturated rings. The molecule has 1 saturated heterocycles. The van der Waals surface area contributed by atoms with E-state index in [-0.39, 0.29) is 11.0 Å². The fourth-order valence-electron chi connectivity index (χ4n) is 3.13. The van der Waals surface area contributed by atoms with Crippen molar-refractivity contribution < 1.29 is 14.1 Å². The van der Waals surface area contributed by atoms with E-state index in [9.17, 15) is 4.79 Å². The molecule has 4 rings (SSSR count). The van der Waals surface area contributed by atoms with Gasteiger partial charge in [0.25, 0.3) is 6.47 Å². The minimum Gasteiger partial charge on any atom is -0.462 e. The van der Waals surface area contributed by atoms with Gasteiger partial charge in [-0.3, -0.25) is 4.79 Å². The van der Waals surface area contributed by atoms with Crippen molar-refractivity contribution in [3.05, 3.63) is 54.6 Å². The zero-order valence-electron chi connectivity index (χ0n) is 24.0. The van der Waals surface area contributed by atoms with E-state index in [1.165, 1.54) is 37.9 Å². The second-order valence-corrected chi connectivity index (χ2v) is 10.5. The number of carbonyl (C=O) groups excluding carboxylic acids is 1. The van der Waals surface area contributed by atoms with Gasteiger partial charge in [-0.2, -0.15) is 4.98 Å². The van der Waals surface area contributed by atoms with Crippen LogP contribution in [-0.4, -0.2) is 52.2 Å². The predicted molar refractivity (Wildman–Crippen MR) is 151 cm³/mol. The average molecular weight is 512 g/mol. The Balaban J connectivity index is 0.000000374. The van der Waals surface area contributed by atoms with E-state index in [0.717, 1.165) is 17.1 Å². The Kier molecular flexibility index (Phi) is 13.5. The Morgan fingerprint density at radius 2 is 1.68 bits per heavy atom. The number of anilines is 2. The summed E-state index contributed by atoms with van der Waals surface area (Å²) in [6.07, 6.45) is 5.85. The van der Waals surface area contributed by atoms with Gasteiger partial charge >= 0.3 is 0 Å². The van der Waals surface area contributed by atoms with Crippen LogP contribution in [0, 0.1) is 0 Å². The lowest BCUT2D eigenvalue weighted by Gasteiger charge is -2.20. The van der Waals surface area contributed by atoms with E-state index in [2.05, 4.69) is 76.1 Å². The molecule has 37 heavy (non-hydrogen) atoms. The van der Waals surface area contributed by atoms with Crippen LogP contribution >= 0.6 is 0 Å². The molecule has 0 aliphatic carbocycles. The van der Waals surface area contributed by atoms with Crippen LogP contribution < -0.4 is 5.32 Å². The number of ether oxygens (including phenoxy) is 1. The molecule has 0 bridgehead atoms. The summed E-state index contributed by atoms with van der Waals surface area (Å²) in [5.41, 5.74) is 2.92. The third-order valence-corrected chi connectivity index (χ3v) is 5.12. The molecule has 0 saturated carbocycles. The first-order chi connectivity index (χ1) is 17.5. The first kappa shape index (κ1) is 31.8. The molecule has 3 heterocycles. The highest BCUT2D eigenvalue weighted by Crippen LogP contribution is 2.26. The average Bonchev–Trinajstić information content (AvgIpc) is 3.55. The third kappa shape index (κ3) is 13.0. The Hall–Kier alpha value is -3.26. The number of hydrogen-bond donors (Lipinski definition) is 1. The normalized spacial score (nSPS) is 13.1. The van der Waals surface area contributed by atoms with Crippen molar-refractivity contribution in [1.29, 1.82) is 0 Å². The van der Waals surface area contributed by atoms with Crippen molar-refractivity contribution >= 4 is 18.0 Å². The number of rotatable bonds is 4. The minimum absolute atomic E-state index is 0.119. The number of nitrogens with zero attached hydrogens (tertiary/aromatic N) is 4. The van der Waals surface area contributed by atoms with E-state index >= 15 is 0 Å². The number of aromatic nitrogens is 3. The van der Waals surface area contributed by atoms with Gasteiger partial charge in [0, 0.05) is 17.4 Å². The van der Waals surface area contributed by atoms with Crippen LogP contribution in [0.25, 0.3) is 11.4 Å². The van der Waals surface area contributed by atoms with E-state index in [4.69, 9.17) is 4.52 Å². The molecule has 8 heteroatoms. The zero-order chi connectivity index (χ0) is 27.9. The van der Waals surface area contributed by atoms with E-state index in [1.54, 1.807) is 6.20 Å². The molecule has 1 N–H and O–H groups in total. The lowest BCUT2D eigenvalue weighted by atomic mass is 9.87. The molecule has 204 valence electrons. The van der Waals surface area contributed by atoms with Crippen LogP contribution in [0.5, 0.6) is 0 Å². The molecule has 0 spiro atoms. The first-order valence-corrected chi connectivity index (χ1v) is 12.9. The molecule has 2 aromatic heterocycles. The Bertz CT molecular complexity index is 1000. The lowest BCUT2D eigenvalue weighted by molar-refractivity contribution is -0.138. The lowest BCUT2D eigenvalue weighted by Crippen LogP contribution is -2.17. The van der Waals surface area contributed by atoms with Crippen molar-refractivity contribution in [2.75, 3.05) is 25.5 Å². The number of pyridine rings is 1. The first-order valence-electron chi connectivity index (χ1n) is 12.9. The van der Waals surface area contributed by atoms with Gasteiger partial charge in [0.15, 0.2) is 0 Å². The molecule has 1 aliphatic rings. The van der Waals surface area contributed by atoms with Crippen molar-refractivity contribution in [3.8, 4) is 11.4 Å². The van der Waals surface area contributed by atoms with Gasteiger partial charge in [-0.25, -0.2) is 4.98 Å². The number of hydrogen-bond acceptors (Lipinski definition) is 8. The minimum atomic E-state index is -0.318. The summed E-state index contributed by atoms with van der Waals surface area (Å²) in [7, 11) is 2.17. The summed E-state index contributed by atoms with van der Waals surface area (Å²) < 4.78 is 9.28. The van der Waals surface area contributed by atoms with Gasteiger partial charge in [-0.1, -0.05) is 51.9 Å². The van der Waals surface area contributed by atoms with Gasteiger partial charge < -0.3 is 19.5 Å². The van der Waals surface area contributed by atoms with Crippen molar-refractivity contribution in [3.63, 3.8) is 0 Å². The van der Waals surface area contributed by atoms with Crippen LogP contribution in [-0.2, 0) is 14.9 Å². The SMILES string of the molecule is CC.CC(C)(C)OC=O.CC(C)(C)c1cccc(Nc2ccc(-c3ncon3)cn2)c1.CN1CCCC1. The molecule has 3 aromatic rings. The summed E-state index contributed by atoms with van der Waals surface area (Å²) in [4.78, 5) is 20.3. The van der Waals surface area contributed by atoms with Crippen LogP contribution in [0.3, 0.4) is 0 Å². The van der Waals surface area contributed by atoms with E-state index < -0.39 is 0 Å². The highest BCUT2D eigenvalue weighted by molar-refractivity contribution is 5.61. The Labute approximate surface area is 222 Å². The van der Waals surface area contributed by atoms with Gasteiger partial charge in [0.2, 0.25) is 12.2 Å². The maximum atomic E-state index is 9.60. The van der Waals surface area contributed by atoms with Crippen LogP contribution in [0.15, 0.2) is 53.5 Å². The maximum absolute atomic E-state index is 9.60. The van der Waals surface area contributed by atoms with Crippen molar-refractivity contribution in [2.24, 2.45) is 0 Å². The van der Waals surface area contributed by atoms with Gasteiger partial charge in [0.05, 0.1) is 0 Å². The standard InChI is InChI=1S/C17H18N4O.C5H11N.C5H10O2.C2H6/c1-17(2,3)13-5-4-6-14(9-13)20-15-8-7-12(10-18-15)16-19-11-22-21-16;1-6-4-2-3-5-6;1-5(2,3)7-4-6;1-2/h4-11H,1-3H3,(H,18,20);2-5H2,1H3;4H,1-3H3;1-2H3. The van der Waals surface area contributed by atoms with E-state index in [1.807, 2.05) is 52.8 Å². The van der Waals surface area contributed by atoms with Gasteiger partial charge in [-0.05, 0) is 89.0 Å². The molecule has 1 aliphatic heterocycles. The van der Waals surface area contributed by atoms with E-state index in [0.29, 0.717) is 12.3 Å². The van der Waals surface area contributed by atoms with Crippen LogP contribution in [0.1, 0.15) is 73.8 Å². The Morgan fingerprint density at radius 3 is 2.08 bits per heavy atom. The topological polar surface area (TPSA) is 93.4 Å². The number of nitrogens with one attached hydrogen (secondary N) is 1. The molecular formula is C29H45N5O3. The van der Waals surface area contributed by atoms with Crippen LogP contribution in [0.2, 0.25) is 0 Å². The molecule has 1 aromatic carbocycles. The highest BCUT2D eigenvalue weighted by Gasteiger charge is 2.13. The third-order valence-electron chi connectivity index (χ3n) is 5.12. The zero-order valence-corrected chi connectivity index (χ0v) is 24.0. The molecule has 8 nitrogen and oxygen atoms in total.